The number of benzene rings is 1. The minimum absolute atomic E-state index is 0.0674. The zero-order valence-electron chi connectivity index (χ0n) is 11.2. The number of rotatable bonds is 4. The third kappa shape index (κ3) is 3.85. The van der Waals surface area contributed by atoms with E-state index in [1.165, 1.54) is 23.1 Å². The van der Waals surface area contributed by atoms with Crippen molar-refractivity contribution in [3.05, 3.63) is 29.0 Å². The number of hydrogen-bond acceptors (Lipinski definition) is 3. The number of carboxylic acids is 1. The first kappa shape index (κ1) is 15.6. The van der Waals surface area contributed by atoms with Crippen LogP contribution in [-0.4, -0.2) is 41.6 Å². The Bertz CT molecular complexity index is 544. The van der Waals surface area contributed by atoms with Crippen LogP contribution in [0.15, 0.2) is 18.2 Å². The molecule has 2 rings (SSSR count). The molecule has 0 unspecified atom stereocenters. The molecule has 0 radical (unpaired) electrons. The summed E-state index contributed by atoms with van der Waals surface area (Å²) in [6.07, 6.45) is 0.846. The van der Waals surface area contributed by atoms with Gasteiger partial charge >= 0.3 is 5.97 Å². The van der Waals surface area contributed by atoms with E-state index in [2.05, 4.69) is 0 Å². The first-order valence-electron chi connectivity index (χ1n) is 6.56. The molecule has 0 saturated carbocycles. The largest absolute Gasteiger partial charge is 0.481 e. The van der Waals surface area contributed by atoms with Crippen LogP contribution in [0, 0.1) is 11.7 Å². The fourth-order valence-corrected chi connectivity index (χ4v) is 2.37. The van der Waals surface area contributed by atoms with Gasteiger partial charge in [0.1, 0.15) is 0 Å². The Balaban J connectivity index is 1.85. The molecule has 1 N–H and O–H groups in total. The summed E-state index contributed by atoms with van der Waals surface area (Å²) in [5.74, 6) is -2.30. The van der Waals surface area contributed by atoms with E-state index in [1.54, 1.807) is 0 Å². The van der Waals surface area contributed by atoms with Crippen molar-refractivity contribution in [3.8, 4) is 5.75 Å². The SMILES string of the molecule is O=C(O)C1CCN(C(=O)COc2cccc(Cl)c2F)CC1. The van der Waals surface area contributed by atoms with Crippen LogP contribution in [0.5, 0.6) is 5.75 Å². The van der Waals surface area contributed by atoms with E-state index in [-0.39, 0.29) is 23.3 Å². The third-order valence-electron chi connectivity index (χ3n) is 3.46. The third-order valence-corrected chi connectivity index (χ3v) is 3.76. The highest BCUT2D eigenvalue weighted by Gasteiger charge is 2.27. The first-order valence-corrected chi connectivity index (χ1v) is 6.94. The molecule has 7 heteroatoms. The van der Waals surface area contributed by atoms with E-state index in [4.69, 9.17) is 21.4 Å². The second kappa shape index (κ2) is 6.76. The minimum Gasteiger partial charge on any atom is -0.481 e. The molecule has 114 valence electrons. The highest BCUT2D eigenvalue weighted by molar-refractivity contribution is 6.30. The van der Waals surface area contributed by atoms with Gasteiger partial charge in [-0.05, 0) is 25.0 Å². The van der Waals surface area contributed by atoms with Crippen LogP contribution in [0.2, 0.25) is 5.02 Å². The Morgan fingerprint density at radius 1 is 1.38 bits per heavy atom. The van der Waals surface area contributed by atoms with Crippen molar-refractivity contribution in [2.75, 3.05) is 19.7 Å². The summed E-state index contributed by atoms with van der Waals surface area (Å²) in [5.41, 5.74) is 0. The summed E-state index contributed by atoms with van der Waals surface area (Å²) in [6, 6.07) is 4.32. The van der Waals surface area contributed by atoms with Gasteiger partial charge in [-0.15, -0.1) is 0 Å². The number of amides is 1. The van der Waals surface area contributed by atoms with Gasteiger partial charge in [-0.2, -0.15) is 0 Å². The van der Waals surface area contributed by atoms with E-state index in [1.807, 2.05) is 0 Å². The van der Waals surface area contributed by atoms with Gasteiger partial charge in [0, 0.05) is 13.1 Å². The van der Waals surface area contributed by atoms with Crippen LogP contribution in [-0.2, 0) is 9.59 Å². The molecule has 0 aromatic heterocycles. The lowest BCUT2D eigenvalue weighted by Gasteiger charge is -2.30. The zero-order chi connectivity index (χ0) is 15.4. The van der Waals surface area contributed by atoms with Gasteiger partial charge < -0.3 is 14.7 Å². The summed E-state index contributed by atoms with van der Waals surface area (Å²) in [4.78, 5) is 24.3. The van der Waals surface area contributed by atoms with E-state index in [0.717, 1.165) is 0 Å². The Morgan fingerprint density at radius 3 is 2.67 bits per heavy atom. The van der Waals surface area contributed by atoms with Gasteiger partial charge in [-0.25, -0.2) is 4.39 Å². The fraction of sp³-hybridized carbons (Fsp3) is 0.429. The number of hydrogen-bond donors (Lipinski definition) is 1. The van der Waals surface area contributed by atoms with Crippen molar-refractivity contribution in [2.45, 2.75) is 12.8 Å². The van der Waals surface area contributed by atoms with Crippen molar-refractivity contribution in [1.82, 2.24) is 4.90 Å². The smallest absolute Gasteiger partial charge is 0.306 e. The summed E-state index contributed by atoms with van der Waals surface area (Å²) < 4.78 is 18.7. The Morgan fingerprint density at radius 2 is 2.05 bits per heavy atom. The molecule has 1 aliphatic rings. The predicted octanol–water partition coefficient (Wildman–Crippen LogP) is 2.18. The molecule has 5 nitrogen and oxygen atoms in total. The van der Waals surface area contributed by atoms with Crippen LogP contribution in [0.3, 0.4) is 0 Å². The molecule has 0 bridgehead atoms. The number of carbonyl (C=O) groups excluding carboxylic acids is 1. The second-order valence-corrected chi connectivity index (χ2v) is 5.24. The molecule has 0 aliphatic carbocycles. The number of halogens is 2. The minimum atomic E-state index is -0.834. The molecule has 0 atom stereocenters. The van der Waals surface area contributed by atoms with Crippen LogP contribution in [0.4, 0.5) is 4.39 Å². The highest BCUT2D eigenvalue weighted by Crippen LogP contribution is 2.24. The molecule has 1 aromatic rings. The molecular weight excluding hydrogens is 301 g/mol. The summed E-state index contributed by atoms with van der Waals surface area (Å²) in [6.45, 7) is 0.448. The van der Waals surface area contributed by atoms with Crippen LogP contribution < -0.4 is 4.74 Å². The van der Waals surface area contributed by atoms with Crippen molar-refractivity contribution in [1.29, 1.82) is 0 Å². The van der Waals surface area contributed by atoms with Crippen molar-refractivity contribution >= 4 is 23.5 Å². The van der Waals surface area contributed by atoms with Gasteiger partial charge in [0.15, 0.2) is 18.2 Å². The number of piperidine rings is 1. The van der Waals surface area contributed by atoms with Crippen molar-refractivity contribution in [3.63, 3.8) is 0 Å². The van der Waals surface area contributed by atoms with Crippen molar-refractivity contribution < 1.29 is 23.8 Å². The lowest BCUT2D eigenvalue weighted by atomic mass is 9.97. The Hall–Kier alpha value is -1.82. The fourth-order valence-electron chi connectivity index (χ4n) is 2.20. The predicted molar refractivity (Wildman–Crippen MR) is 73.8 cm³/mol. The monoisotopic (exact) mass is 315 g/mol. The molecule has 1 fully saturated rings. The Kier molecular flexibility index (Phi) is 5.01. The Labute approximate surface area is 126 Å². The topological polar surface area (TPSA) is 66.8 Å². The number of carbonyl (C=O) groups is 2. The van der Waals surface area contributed by atoms with E-state index in [0.29, 0.717) is 25.9 Å². The van der Waals surface area contributed by atoms with Crippen LogP contribution in [0.25, 0.3) is 0 Å². The molecular formula is C14H15ClFNO4. The van der Waals surface area contributed by atoms with Gasteiger partial charge in [0.2, 0.25) is 0 Å². The average Bonchev–Trinajstić information content (AvgIpc) is 2.48. The zero-order valence-corrected chi connectivity index (χ0v) is 12.0. The van der Waals surface area contributed by atoms with Crippen molar-refractivity contribution in [2.24, 2.45) is 5.92 Å². The molecule has 21 heavy (non-hydrogen) atoms. The number of aliphatic carboxylic acids is 1. The van der Waals surface area contributed by atoms with E-state index < -0.39 is 17.7 Å². The maximum atomic E-state index is 13.6. The normalized spacial score (nSPS) is 15.8. The van der Waals surface area contributed by atoms with Crippen LogP contribution in [0.1, 0.15) is 12.8 Å². The lowest BCUT2D eigenvalue weighted by Crippen LogP contribution is -2.42. The summed E-state index contributed by atoms with van der Waals surface area (Å²) in [5, 5.41) is 8.82. The number of nitrogens with zero attached hydrogens (tertiary/aromatic N) is 1. The second-order valence-electron chi connectivity index (χ2n) is 4.83. The highest BCUT2D eigenvalue weighted by atomic mass is 35.5. The molecule has 0 spiro atoms. The van der Waals surface area contributed by atoms with Crippen LogP contribution >= 0.6 is 11.6 Å². The lowest BCUT2D eigenvalue weighted by molar-refractivity contribution is -0.146. The first-order chi connectivity index (χ1) is 9.99. The quantitative estimate of drug-likeness (QED) is 0.925. The number of ether oxygens (including phenoxy) is 1. The van der Waals surface area contributed by atoms with Gasteiger partial charge in [-0.3, -0.25) is 9.59 Å². The molecule has 1 heterocycles. The standard InChI is InChI=1S/C14H15ClFNO4/c15-10-2-1-3-11(13(10)16)21-8-12(18)17-6-4-9(5-7-17)14(19)20/h1-3,9H,4-8H2,(H,19,20). The van der Waals surface area contributed by atoms with Gasteiger partial charge in [-0.1, -0.05) is 17.7 Å². The molecule has 1 saturated heterocycles. The summed E-state index contributed by atoms with van der Waals surface area (Å²) >= 11 is 5.62. The maximum Gasteiger partial charge on any atom is 0.306 e. The van der Waals surface area contributed by atoms with Gasteiger partial charge in [0.25, 0.3) is 5.91 Å². The maximum absolute atomic E-state index is 13.6. The summed E-state index contributed by atoms with van der Waals surface area (Å²) in [7, 11) is 0. The molecule has 1 amide bonds. The van der Waals surface area contributed by atoms with E-state index >= 15 is 0 Å². The number of likely N-dealkylation sites (tertiary alicyclic amines) is 1. The molecule has 1 aliphatic heterocycles. The van der Waals surface area contributed by atoms with E-state index in [9.17, 15) is 14.0 Å². The van der Waals surface area contributed by atoms with Gasteiger partial charge in [0.05, 0.1) is 10.9 Å². The average molecular weight is 316 g/mol. The number of carboxylic acid groups (broad SMARTS) is 1. The molecule has 1 aromatic carbocycles.